The largest absolute Gasteiger partial charge is 0.497 e. The van der Waals surface area contributed by atoms with Gasteiger partial charge in [0.2, 0.25) is 0 Å². The lowest BCUT2D eigenvalue weighted by molar-refractivity contribution is -0.120. The van der Waals surface area contributed by atoms with Gasteiger partial charge in [-0.1, -0.05) is 48.0 Å². The molecule has 0 spiro atoms. The zero-order valence-corrected chi connectivity index (χ0v) is 17.2. The number of para-hydroxylation sites is 1. The quantitative estimate of drug-likeness (QED) is 0.589. The normalized spacial score (nSPS) is 13.8. The Morgan fingerprint density at radius 3 is 2.23 bits per heavy atom. The minimum absolute atomic E-state index is 0.216. The van der Waals surface area contributed by atoms with Crippen LogP contribution in [-0.2, 0) is 9.59 Å². The highest BCUT2D eigenvalue weighted by Gasteiger charge is 2.40. The minimum atomic E-state index is -0.436. The number of nitrogens with one attached hydrogen (secondary N) is 1. The zero-order chi connectivity index (χ0) is 21.3. The van der Waals surface area contributed by atoms with Crippen molar-refractivity contribution in [3.8, 4) is 5.75 Å². The summed E-state index contributed by atoms with van der Waals surface area (Å²) in [7, 11) is 1.57. The predicted molar refractivity (Wildman–Crippen MR) is 119 cm³/mol. The van der Waals surface area contributed by atoms with Crippen LogP contribution in [-0.4, -0.2) is 18.9 Å². The number of carbonyl (C=O) groups is 2. The topological polar surface area (TPSA) is 58.6 Å². The lowest BCUT2D eigenvalue weighted by Crippen LogP contribution is -2.32. The number of halogens is 1. The third kappa shape index (κ3) is 3.55. The van der Waals surface area contributed by atoms with Gasteiger partial charge in [-0.15, -0.1) is 0 Å². The Bertz CT molecular complexity index is 1150. The van der Waals surface area contributed by atoms with Gasteiger partial charge in [0.15, 0.2) is 0 Å². The van der Waals surface area contributed by atoms with Crippen LogP contribution in [0.25, 0.3) is 5.57 Å². The fraction of sp³-hybridized carbons (Fsp3) is 0.0833. The molecule has 6 heteroatoms. The van der Waals surface area contributed by atoms with Gasteiger partial charge >= 0.3 is 0 Å². The van der Waals surface area contributed by atoms with Gasteiger partial charge in [-0.2, -0.15) is 0 Å². The van der Waals surface area contributed by atoms with E-state index in [1.54, 1.807) is 49.6 Å². The molecule has 3 aromatic rings. The van der Waals surface area contributed by atoms with Crippen molar-refractivity contribution in [1.82, 2.24) is 0 Å². The van der Waals surface area contributed by atoms with Crippen LogP contribution >= 0.6 is 11.6 Å². The van der Waals surface area contributed by atoms with Crippen molar-refractivity contribution in [2.24, 2.45) is 0 Å². The van der Waals surface area contributed by atoms with Crippen LogP contribution in [0.15, 0.2) is 78.5 Å². The van der Waals surface area contributed by atoms with Crippen molar-refractivity contribution >= 4 is 40.4 Å². The summed E-state index contributed by atoms with van der Waals surface area (Å²) < 4.78 is 5.21. The number of imide groups is 1. The Kier molecular flexibility index (Phi) is 5.29. The second kappa shape index (κ2) is 8.05. The number of rotatable bonds is 5. The standard InChI is InChI=1S/C24H19ClN2O3/c1-15-8-11-18(14-20(15)25)27-23(28)21(16-9-12-19(30-2)13-10-16)22(24(27)29)26-17-6-4-3-5-7-17/h3-14,26H,1-2H3. The molecule has 4 rings (SSSR count). The van der Waals surface area contributed by atoms with Gasteiger partial charge in [0.1, 0.15) is 11.4 Å². The van der Waals surface area contributed by atoms with E-state index >= 15 is 0 Å². The molecule has 0 fully saturated rings. The summed E-state index contributed by atoms with van der Waals surface area (Å²) in [5.74, 6) is -0.186. The van der Waals surface area contributed by atoms with Crippen LogP contribution in [0.1, 0.15) is 11.1 Å². The molecule has 0 atom stereocenters. The molecule has 150 valence electrons. The molecule has 0 unspecified atom stereocenters. The maximum absolute atomic E-state index is 13.4. The van der Waals surface area contributed by atoms with Crippen molar-refractivity contribution in [1.29, 1.82) is 0 Å². The molecule has 0 saturated heterocycles. The molecule has 1 aliphatic rings. The van der Waals surface area contributed by atoms with E-state index in [2.05, 4.69) is 5.32 Å². The Labute approximate surface area is 179 Å². The molecule has 5 nitrogen and oxygen atoms in total. The van der Waals surface area contributed by atoms with Gasteiger partial charge in [-0.3, -0.25) is 9.59 Å². The molecule has 0 aromatic heterocycles. The highest BCUT2D eigenvalue weighted by molar-refractivity contribution is 6.46. The first kappa shape index (κ1) is 19.7. The second-order valence-electron chi connectivity index (χ2n) is 6.85. The molecule has 3 aromatic carbocycles. The van der Waals surface area contributed by atoms with Gasteiger partial charge in [0.25, 0.3) is 11.8 Å². The molecular formula is C24H19ClN2O3. The van der Waals surface area contributed by atoms with E-state index < -0.39 is 11.8 Å². The number of anilines is 2. The summed E-state index contributed by atoms with van der Waals surface area (Å²) in [6.07, 6.45) is 0. The minimum Gasteiger partial charge on any atom is -0.497 e. The first-order valence-corrected chi connectivity index (χ1v) is 9.73. The molecule has 1 heterocycles. The highest BCUT2D eigenvalue weighted by atomic mass is 35.5. The molecule has 1 aliphatic heterocycles. The predicted octanol–water partition coefficient (Wildman–Crippen LogP) is 5.05. The van der Waals surface area contributed by atoms with Gasteiger partial charge in [-0.25, -0.2) is 4.90 Å². The molecule has 0 bridgehead atoms. The molecule has 1 N–H and O–H groups in total. The smallest absolute Gasteiger partial charge is 0.282 e. The van der Waals surface area contributed by atoms with Crippen LogP contribution in [0.4, 0.5) is 11.4 Å². The Morgan fingerprint density at radius 2 is 1.60 bits per heavy atom. The molecule has 0 aliphatic carbocycles. The monoisotopic (exact) mass is 418 g/mol. The van der Waals surface area contributed by atoms with Crippen LogP contribution < -0.4 is 15.0 Å². The summed E-state index contributed by atoms with van der Waals surface area (Å²) in [6.45, 7) is 1.86. The number of hydrogen-bond acceptors (Lipinski definition) is 4. The maximum atomic E-state index is 13.4. The fourth-order valence-electron chi connectivity index (χ4n) is 3.29. The summed E-state index contributed by atoms with van der Waals surface area (Å²) in [5.41, 5.74) is 3.13. The first-order chi connectivity index (χ1) is 14.5. The maximum Gasteiger partial charge on any atom is 0.282 e. The van der Waals surface area contributed by atoms with Gasteiger partial charge in [0.05, 0.1) is 18.4 Å². The Morgan fingerprint density at radius 1 is 0.900 bits per heavy atom. The number of nitrogens with zero attached hydrogens (tertiary/aromatic N) is 1. The van der Waals surface area contributed by atoms with E-state index in [1.807, 2.05) is 37.3 Å². The third-order valence-electron chi connectivity index (χ3n) is 4.92. The van der Waals surface area contributed by atoms with E-state index in [0.717, 1.165) is 10.5 Å². The zero-order valence-electron chi connectivity index (χ0n) is 16.5. The SMILES string of the molecule is COc1ccc(C2=C(Nc3ccccc3)C(=O)N(c3ccc(C)c(Cl)c3)C2=O)cc1. The number of hydrogen-bond donors (Lipinski definition) is 1. The number of amides is 2. The van der Waals surface area contributed by atoms with Crippen LogP contribution in [0, 0.1) is 6.92 Å². The third-order valence-corrected chi connectivity index (χ3v) is 5.33. The average Bonchev–Trinajstić information content (AvgIpc) is 3.00. The molecule has 0 radical (unpaired) electrons. The van der Waals surface area contributed by atoms with Gasteiger partial charge in [0, 0.05) is 10.7 Å². The number of methoxy groups -OCH3 is 1. The average molecular weight is 419 g/mol. The summed E-state index contributed by atoms with van der Waals surface area (Å²) >= 11 is 6.25. The van der Waals surface area contributed by atoms with E-state index in [9.17, 15) is 9.59 Å². The van der Waals surface area contributed by atoms with E-state index in [1.165, 1.54) is 0 Å². The molecule has 2 amide bonds. The molecule has 0 saturated carbocycles. The van der Waals surface area contributed by atoms with E-state index in [-0.39, 0.29) is 5.70 Å². The van der Waals surface area contributed by atoms with Crippen molar-refractivity contribution in [3.05, 3.63) is 94.6 Å². The Balaban J connectivity index is 1.81. The van der Waals surface area contributed by atoms with E-state index in [0.29, 0.717) is 33.3 Å². The molecule has 30 heavy (non-hydrogen) atoms. The number of benzene rings is 3. The molecular weight excluding hydrogens is 400 g/mol. The van der Waals surface area contributed by atoms with Crippen LogP contribution in [0.3, 0.4) is 0 Å². The summed E-state index contributed by atoms with van der Waals surface area (Å²) in [4.78, 5) is 27.9. The fourth-order valence-corrected chi connectivity index (χ4v) is 3.47. The van der Waals surface area contributed by atoms with Crippen molar-refractivity contribution in [3.63, 3.8) is 0 Å². The van der Waals surface area contributed by atoms with Gasteiger partial charge < -0.3 is 10.1 Å². The first-order valence-electron chi connectivity index (χ1n) is 9.35. The van der Waals surface area contributed by atoms with Crippen LogP contribution in [0.2, 0.25) is 5.02 Å². The van der Waals surface area contributed by atoms with Crippen molar-refractivity contribution in [2.45, 2.75) is 6.92 Å². The number of carbonyl (C=O) groups excluding carboxylic acids is 2. The van der Waals surface area contributed by atoms with Crippen molar-refractivity contribution < 1.29 is 14.3 Å². The second-order valence-corrected chi connectivity index (χ2v) is 7.26. The van der Waals surface area contributed by atoms with E-state index in [4.69, 9.17) is 16.3 Å². The lowest BCUT2D eigenvalue weighted by Gasteiger charge is -2.16. The highest BCUT2D eigenvalue weighted by Crippen LogP contribution is 2.35. The van der Waals surface area contributed by atoms with Gasteiger partial charge in [-0.05, 0) is 54.4 Å². The lowest BCUT2D eigenvalue weighted by atomic mass is 10.0. The van der Waals surface area contributed by atoms with Crippen LogP contribution in [0.5, 0.6) is 5.75 Å². The summed E-state index contributed by atoms with van der Waals surface area (Å²) in [6, 6.07) is 21.4. The van der Waals surface area contributed by atoms with Crippen molar-refractivity contribution in [2.75, 3.05) is 17.3 Å². The Hall–Kier alpha value is -3.57. The number of ether oxygens (including phenoxy) is 1. The summed E-state index contributed by atoms with van der Waals surface area (Å²) in [5, 5.41) is 3.62. The number of aryl methyl sites for hydroxylation is 1.